The van der Waals surface area contributed by atoms with E-state index in [0.29, 0.717) is 6.04 Å². The first-order valence-electron chi connectivity index (χ1n) is 6.99. The second-order valence-electron chi connectivity index (χ2n) is 5.06. The fraction of sp³-hybridized carbons (Fsp3) is 0.600. The van der Waals surface area contributed by atoms with Crippen LogP contribution in [0.5, 0.6) is 0 Å². The molecule has 1 unspecified atom stereocenters. The number of hydrogen-bond acceptors (Lipinski definition) is 2. The van der Waals surface area contributed by atoms with Crippen LogP contribution in [-0.2, 0) is 6.54 Å². The Balaban J connectivity index is 1.89. The van der Waals surface area contributed by atoms with Crippen LogP contribution in [0.2, 0.25) is 0 Å². The molecule has 0 bridgehead atoms. The van der Waals surface area contributed by atoms with Gasteiger partial charge in [-0.05, 0) is 38.4 Å². The summed E-state index contributed by atoms with van der Waals surface area (Å²) >= 11 is 0. The molecule has 1 aliphatic heterocycles. The van der Waals surface area contributed by atoms with Crippen LogP contribution in [0, 0.1) is 5.82 Å². The van der Waals surface area contributed by atoms with E-state index in [9.17, 15) is 4.39 Å². The Morgan fingerprint density at radius 1 is 1.39 bits per heavy atom. The van der Waals surface area contributed by atoms with E-state index in [-0.39, 0.29) is 5.82 Å². The minimum atomic E-state index is -0.0790. The largest absolute Gasteiger partial charge is 0.315 e. The average molecular weight is 250 g/mol. The third-order valence-electron chi connectivity index (χ3n) is 3.64. The Morgan fingerprint density at radius 2 is 2.22 bits per heavy atom. The first-order valence-corrected chi connectivity index (χ1v) is 6.99. The zero-order chi connectivity index (χ0) is 12.8. The van der Waals surface area contributed by atoms with E-state index in [2.05, 4.69) is 17.1 Å². The van der Waals surface area contributed by atoms with Gasteiger partial charge in [0.15, 0.2) is 0 Å². The van der Waals surface area contributed by atoms with Crippen LogP contribution in [0.1, 0.15) is 31.7 Å². The van der Waals surface area contributed by atoms with Crippen LogP contribution >= 0.6 is 0 Å². The topological polar surface area (TPSA) is 15.3 Å². The molecule has 3 heteroatoms. The highest BCUT2D eigenvalue weighted by molar-refractivity contribution is 5.17. The molecule has 1 aromatic rings. The molecule has 100 valence electrons. The zero-order valence-corrected chi connectivity index (χ0v) is 11.2. The molecule has 2 rings (SSSR count). The molecule has 1 aromatic carbocycles. The molecular weight excluding hydrogens is 227 g/mol. The minimum Gasteiger partial charge on any atom is -0.315 e. The third-order valence-corrected chi connectivity index (χ3v) is 3.64. The molecule has 0 spiro atoms. The Labute approximate surface area is 109 Å². The van der Waals surface area contributed by atoms with E-state index < -0.39 is 0 Å². The van der Waals surface area contributed by atoms with E-state index in [0.717, 1.165) is 31.7 Å². The van der Waals surface area contributed by atoms with Gasteiger partial charge in [0, 0.05) is 24.7 Å². The molecule has 0 saturated carbocycles. The lowest BCUT2D eigenvalue weighted by Crippen LogP contribution is -2.37. The SMILES string of the molecule is CCCNCC1CCCN1Cc1ccccc1F. The maximum absolute atomic E-state index is 13.6. The normalized spacial score (nSPS) is 20.4. The van der Waals surface area contributed by atoms with Gasteiger partial charge in [-0.15, -0.1) is 0 Å². The third kappa shape index (κ3) is 3.53. The quantitative estimate of drug-likeness (QED) is 0.781. The second kappa shape index (κ2) is 6.86. The number of hydrogen-bond donors (Lipinski definition) is 1. The minimum absolute atomic E-state index is 0.0790. The van der Waals surface area contributed by atoms with Crippen molar-refractivity contribution in [3.05, 3.63) is 35.6 Å². The van der Waals surface area contributed by atoms with Crippen molar-refractivity contribution in [3.8, 4) is 0 Å². The van der Waals surface area contributed by atoms with Crippen molar-refractivity contribution in [1.82, 2.24) is 10.2 Å². The molecule has 0 aliphatic carbocycles. The first kappa shape index (κ1) is 13.5. The van der Waals surface area contributed by atoms with E-state index in [4.69, 9.17) is 0 Å². The summed E-state index contributed by atoms with van der Waals surface area (Å²) in [4.78, 5) is 2.40. The smallest absolute Gasteiger partial charge is 0.127 e. The summed E-state index contributed by atoms with van der Waals surface area (Å²) < 4.78 is 13.6. The molecule has 0 aromatic heterocycles. The summed E-state index contributed by atoms with van der Waals surface area (Å²) in [6.07, 6.45) is 3.62. The first-order chi connectivity index (χ1) is 8.81. The van der Waals surface area contributed by atoms with Crippen LogP contribution in [0.15, 0.2) is 24.3 Å². The summed E-state index contributed by atoms with van der Waals surface area (Å²) in [7, 11) is 0. The predicted molar refractivity (Wildman–Crippen MR) is 73.0 cm³/mol. The predicted octanol–water partition coefficient (Wildman–Crippen LogP) is 2.79. The Hall–Kier alpha value is -0.930. The molecule has 2 nitrogen and oxygen atoms in total. The maximum Gasteiger partial charge on any atom is 0.127 e. The van der Waals surface area contributed by atoms with E-state index in [1.54, 1.807) is 12.1 Å². The van der Waals surface area contributed by atoms with E-state index in [1.807, 2.05) is 12.1 Å². The highest BCUT2D eigenvalue weighted by Crippen LogP contribution is 2.20. The van der Waals surface area contributed by atoms with Crippen molar-refractivity contribution in [3.63, 3.8) is 0 Å². The van der Waals surface area contributed by atoms with E-state index >= 15 is 0 Å². The van der Waals surface area contributed by atoms with Crippen molar-refractivity contribution in [2.24, 2.45) is 0 Å². The van der Waals surface area contributed by atoms with Gasteiger partial charge in [-0.1, -0.05) is 25.1 Å². The second-order valence-corrected chi connectivity index (χ2v) is 5.06. The molecule has 1 heterocycles. The molecule has 0 radical (unpaired) electrons. The summed E-state index contributed by atoms with van der Waals surface area (Å²) in [5, 5.41) is 3.47. The van der Waals surface area contributed by atoms with Gasteiger partial charge in [-0.2, -0.15) is 0 Å². The van der Waals surface area contributed by atoms with Crippen molar-refractivity contribution in [2.75, 3.05) is 19.6 Å². The van der Waals surface area contributed by atoms with Crippen LogP contribution in [-0.4, -0.2) is 30.6 Å². The number of nitrogens with one attached hydrogen (secondary N) is 1. The van der Waals surface area contributed by atoms with Crippen molar-refractivity contribution in [2.45, 2.75) is 38.8 Å². The van der Waals surface area contributed by atoms with Crippen LogP contribution in [0.3, 0.4) is 0 Å². The van der Waals surface area contributed by atoms with Crippen LogP contribution in [0.4, 0.5) is 4.39 Å². The summed E-state index contributed by atoms with van der Waals surface area (Å²) in [5.74, 6) is -0.0790. The van der Waals surface area contributed by atoms with Crippen LogP contribution < -0.4 is 5.32 Å². The lowest BCUT2D eigenvalue weighted by atomic mass is 10.1. The zero-order valence-electron chi connectivity index (χ0n) is 11.2. The van der Waals surface area contributed by atoms with Gasteiger partial charge >= 0.3 is 0 Å². The lowest BCUT2D eigenvalue weighted by molar-refractivity contribution is 0.236. The maximum atomic E-state index is 13.6. The standard InChI is InChI=1S/C15H23FN2/c1-2-9-17-11-14-7-5-10-18(14)12-13-6-3-4-8-15(13)16/h3-4,6,8,14,17H,2,5,7,9-12H2,1H3. The molecule has 18 heavy (non-hydrogen) atoms. The van der Waals surface area contributed by atoms with Crippen molar-refractivity contribution >= 4 is 0 Å². The van der Waals surface area contributed by atoms with Gasteiger partial charge < -0.3 is 5.32 Å². The highest BCUT2D eigenvalue weighted by Gasteiger charge is 2.24. The van der Waals surface area contributed by atoms with Gasteiger partial charge in [0.1, 0.15) is 5.82 Å². The lowest BCUT2D eigenvalue weighted by Gasteiger charge is -2.25. The molecule has 1 aliphatic rings. The molecule has 1 atom stereocenters. The summed E-state index contributed by atoms with van der Waals surface area (Å²) in [6, 6.07) is 7.68. The molecule has 1 fully saturated rings. The van der Waals surface area contributed by atoms with Crippen LogP contribution in [0.25, 0.3) is 0 Å². The highest BCUT2D eigenvalue weighted by atomic mass is 19.1. The number of rotatable bonds is 6. The number of likely N-dealkylation sites (tertiary alicyclic amines) is 1. The monoisotopic (exact) mass is 250 g/mol. The van der Waals surface area contributed by atoms with Gasteiger partial charge in [0.2, 0.25) is 0 Å². The number of halogens is 1. The fourth-order valence-electron chi connectivity index (χ4n) is 2.63. The molecule has 0 amide bonds. The fourth-order valence-corrected chi connectivity index (χ4v) is 2.63. The van der Waals surface area contributed by atoms with Gasteiger partial charge in [-0.3, -0.25) is 4.90 Å². The Bertz CT molecular complexity index is 367. The average Bonchev–Trinajstić information content (AvgIpc) is 2.80. The van der Waals surface area contributed by atoms with Crippen molar-refractivity contribution < 1.29 is 4.39 Å². The summed E-state index contributed by atoms with van der Waals surface area (Å²) in [6.45, 7) is 6.11. The van der Waals surface area contributed by atoms with Gasteiger partial charge in [0.25, 0.3) is 0 Å². The van der Waals surface area contributed by atoms with Gasteiger partial charge in [-0.25, -0.2) is 4.39 Å². The Kier molecular flexibility index (Phi) is 5.14. The summed E-state index contributed by atoms with van der Waals surface area (Å²) in [5.41, 5.74) is 0.819. The number of benzene rings is 1. The molecular formula is C15H23FN2. The molecule has 1 N–H and O–H groups in total. The Morgan fingerprint density at radius 3 is 3.00 bits per heavy atom. The van der Waals surface area contributed by atoms with Crippen molar-refractivity contribution in [1.29, 1.82) is 0 Å². The molecule has 1 saturated heterocycles. The van der Waals surface area contributed by atoms with E-state index in [1.165, 1.54) is 19.3 Å². The number of nitrogens with zero attached hydrogens (tertiary/aromatic N) is 1. The van der Waals surface area contributed by atoms with Gasteiger partial charge in [0.05, 0.1) is 0 Å².